The van der Waals surface area contributed by atoms with E-state index in [1.807, 2.05) is 0 Å². The lowest BCUT2D eigenvalue weighted by molar-refractivity contribution is 0.180. The maximum Gasteiger partial charge on any atom is 0.00728 e. The van der Waals surface area contributed by atoms with Crippen LogP contribution in [0.5, 0.6) is 0 Å². The van der Waals surface area contributed by atoms with Gasteiger partial charge in [0.1, 0.15) is 0 Å². The van der Waals surface area contributed by atoms with Gasteiger partial charge in [-0.05, 0) is 77.2 Å². The molecule has 0 aromatic rings. The van der Waals surface area contributed by atoms with E-state index in [4.69, 9.17) is 0 Å². The van der Waals surface area contributed by atoms with Crippen molar-refractivity contribution in [2.45, 2.75) is 76.9 Å². The predicted octanol–water partition coefficient (Wildman–Crippen LogP) is 3.03. The van der Waals surface area contributed by atoms with Gasteiger partial charge >= 0.3 is 0 Å². The summed E-state index contributed by atoms with van der Waals surface area (Å²) in [6.45, 7) is 7.46. The summed E-state index contributed by atoms with van der Waals surface area (Å²) in [6.07, 6.45) is 10.2. The molecule has 3 aliphatic rings. The minimum atomic E-state index is 0.740. The minimum Gasteiger partial charge on any atom is -0.311 e. The third-order valence-corrected chi connectivity index (χ3v) is 5.32. The van der Waals surface area contributed by atoms with Crippen LogP contribution in [-0.4, -0.2) is 36.1 Å². The van der Waals surface area contributed by atoms with Gasteiger partial charge in [-0.2, -0.15) is 0 Å². The van der Waals surface area contributed by atoms with Crippen molar-refractivity contribution in [2.24, 2.45) is 11.8 Å². The van der Waals surface area contributed by atoms with Crippen LogP contribution in [0.15, 0.2) is 0 Å². The van der Waals surface area contributed by atoms with Crippen molar-refractivity contribution >= 4 is 0 Å². The average molecular weight is 250 g/mol. The van der Waals surface area contributed by atoms with Gasteiger partial charge in [0, 0.05) is 24.7 Å². The maximum atomic E-state index is 3.76. The Labute approximate surface area is 113 Å². The number of piperidine rings is 1. The van der Waals surface area contributed by atoms with Crippen molar-refractivity contribution in [1.82, 2.24) is 10.2 Å². The highest BCUT2D eigenvalue weighted by Crippen LogP contribution is 2.34. The van der Waals surface area contributed by atoms with E-state index in [9.17, 15) is 0 Å². The van der Waals surface area contributed by atoms with Crippen LogP contribution in [-0.2, 0) is 0 Å². The minimum absolute atomic E-state index is 0.740. The molecule has 2 nitrogen and oxygen atoms in total. The Kier molecular flexibility index (Phi) is 3.95. The number of hydrogen-bond acceptors (Lipinski definition) is 2. The van der Waals surface area contributed by atoms with Crippen LogP contribution in [0.3, 0.4) is 0 Å². The second-order valence-electron chi connectivity index (χ2n) is 7.30. The summed E-state index contributed by atoms with van der Waals surface area (Å²) in [5.74, 6) is 2.04. The van der Waals surface area contributed by atoms with E-state index in [1.165, 1.54) is 58.0 Å². The molecule has 2 heteroatoms. The molecular formula is C16H30N2. The fourth-order valence-corrected chi connectivity index (χ4v) is 3.95. The molecule has 0 aromatic heterocycles. The van der Waals surface area contributed by atoms with Crippen molar-refractivity contribution in [3.05, 3.63) is 0 Å². The third-order valence-electron chi connectivity index (χ3n) is 5.32. The first-order valence-electron chi connectivity index (χ1n) is 8.21. The summed E-state index contributed by atoms with van der Waals surface area (Å²) >= 11 is 0. The normalized spacial score (nSPS) is 35.7. The second-order valence-corrected chi connectivity index (χ2v) is 7.30. The summed E-state index contributed by atoms with van der Waals surface area (Å²) in [5.41, 5.74) is 0. The number of nitrogens with zero attached hydrogens (tertiary/aromatic N) is 1. The van der Waals surface area contributed by atoms with Gasteiger partial charge in [0.05, 0.1) is 0 Å². The molecule has 1 N–H and O–H groups in total. The van der Waals surface area contributed by atoms with E-state index in [0.717, 1.165) is 30.0 Å². The van der Waals surface area contributed by atoms with E-state index < -0.39 is 0 Å². The second kappa shape index (κ2) is 5.50. The molecule has 2 unspecified atom stereocenters. The molecule has 2 bridgehead atoms. The molecule has 3 fully saturated rings. The van der Waals surface area contributed by atoms with E-state index in [0.29, 0.717) is 0 Å². The Morgan fingerprint density at radius 2 is 1.67 bits per heavy atom. The van der Waals surface area contributed by atoms with E-state index >= 15 is 0 Å². The van der Waals surface area contributed by atoms with Gasteiger partial charge in [0.2, 0.25) is 0 Å². The highest BCUT2D eigenvalue weighted by Gasteiger charge is 2.33. The fraction of sp³-hybridized carbons (Fsp3) is 1.00. The lowest BCUT2D eigenvalue weighted by Gasteiger charge is -2.32. The first-order valence-corrected chi connectivity index (χ1v) is 8.21. The van der Waals surface area contributed by atoms with E-state index in [2.05, 4.69) is 24.1 Å². The standard InChI is InChI=1S/C16H30N2/c1-12(2)18(11-13-3-4-13)8-7-14-9-15-5-6-16(10-14)17-15/h12-17H,3-11H2,1-2H3. The molecule has 0 spiro atoms. The molecule has 1 saturated carbocycles. The van der Waals surface area contributed by atoms with Crippen LogP contribution < -0.4 is 5.32 Å². The van der Waals surface area contributed by atoms with E-state index in [-0.39, 0.29) is 0 Å². The van der Waals surface area contributed by atoms with Gasteiger partial charge in [0.15, 0.2) is 0 Å². The molecule has 2 heterocycles. The number of nitrogens with one attached hydrogen (secondary N) is 1. The summed E-state index contributed by atoms with van der Waals surface area (Å²) in [7, 11) is 0. The van der Waals surface area contributed by atoms with E-state index in [1.54, 1.807) is 0 Å². The van der Waals surface area contributed by atoms with Crippen molar-refractivity contribution in [3.8, 4) is 0 Å². The van der Waals surface area contributed by atoms with Gasteiger partial charge < -0.3 is 10.2 Å². The van der Waals surface area contributed by atoms with Gasteiger partial charge in [-0.1, -0.05) is 0 Å². The molecule has 104 valence electrons. The third kappa shape index (κ3) is 3.27. The Balaban J connectivity index is 1.44. The lowest BCUT2D eigenvalue weighted by atomic mass is 9.89. The Morgan fingerprint density at radius 1 is 1.00 bits per heavy atom. The molecule has 2 atom stereocenters. The predicted molar refractivity (Wildman–Crippen MR) is 76.7 cm³/mol. The molecule has 0 radical (unpaired) electrons. The van der Waals surface area contributed by atoms with Crippen LogP contribution >= 0.6 is 0 Å². The lowest BCUT2D eigenvalue weighted by Crippen LogP contribution is -2.40. The quantitative estimate of drug-likeness (QED) is 0.779. The van der Waals surface area contributed by atoms with Gasteiger partial charge in [-0.25, -0.2) is 0 Å². The smallest absolute Gasteiger partial charge is 0.00728 e. The molecule has 0 aromatic carbocycles. The molecule has 2 aliphatic heterocycles. The van der Waals surface area contributed by atoms with Crippen molar-refractivity contribution in [2.75, 3.05) is 13.1 Å². The summed E-state index contributed by atoms with van der Waals surface area (Å²) < 4.78 is 0. The number of hydrogen-bond donors (Lipinski definition) is 1. The van der Waals surface area contributed by atoms with Gasteiger partial charge in [-0.3, -0.25) is 0 Å². The molecule has 18 heavy (non-hydrogen) atoms. The van der Waals surface area contributed by atoms with Crippen LogP contribution in [0.4, 0.5) is 0 Å². The summed E-state index contributed by atoms with van der Waals surface area (Å²) in [5, 5.41) is 3.76. The highest BCUT2D eigenvalue weighted by molar-refractivity contribution is 4.92. The number of fused-ring (bicyclic) bond motifs is 2. The molecule has 1 aliphatic carbocycles. The topological polar surface area (TPSA) is 15.3 Å². The van der Waals surface area contributed by atoms with Gasteiger partial charge in [-0.15, -0.1) is 0 Å². The van der Waals surface area contributed by atoms with Crippen LogP contribution in [0.25, 0.3) is 0 Å². The van der Waals surface area contributed by atoms with Crippen molar-refractivity contribution in [1.29, 1.82) is 0 Å². The highest BCUT2D eigenvalue weighted by atomic mass is 15.1. The first kappa shape index (κ1) is 12.9. The zero-order valence-electron chi connectivity index (χ0n) is 12.2. The summed E-state index contributed by atoms with van der Waals surface area (Å²) in [6, 6.07) is 2.47. The number of rotatable bonds is 6. The largest absolute Gasteiger partial charge is 0.311 e. The Morgan fingerprint density at radius 3 is 2.22 bits per heavy atom. The average Bonchev–Trinajstić information content (AvgIpc) is 3.09. The molecule has 2 saturated heterocycles. The monoisotopic (exact) mass is 250 g/mol. The van der Waals surface area contributed by atoms with Crippen LogP contribution in [0.2, 0.25) is 0 Å². The Hall–Kier alpha value is -0.0800. The van der Waals surface area contributed by atoms with Crippen LogP contribution in [0.1, 0.15) is 58.8 Å². The van der Waals surface area contributed by atoms with Gasteiger partial charge in [0.25, 0.3) is 0 Å². The maximum absolute atomic E-state index is 3.76. The SMILES string of the molecule is CC(C)N(CCC1CC2CCC(C1)N2)CC1CC1. The Bertz CT molecular complexity index is 260. The summed E-state index contributed by atoms with van der Waals surface area (Å²) in [4.78, 5) is 2.74. The zero-order valence-corrected chi connectivity index (χ0v) is 12.2. The molecule has 3 rings (SSSR count). The fourth-order valence-electron chi connectivity index (χ4n) is 3.95. The molecule has 0 amide bonds. The molecular weight excluding hydrogens is 220 g/mol. The van der Waals surface area contributed by atoms with Crippen LogP contribution in [0, 0.1) is 11.8 Å². The zero-order chi connectivity index (χ0) is 12.5. The van der Waals surface area contributed by atoms with Crippen molar-refractivity contribution in [3.63, 3.8) is 0 Å². The van der Waals surface area contributed by atoms with Crippen molar-refractivity contribution < 1.29 is 0 Å². The first-order chi connectivity index (χ1) is 8.70.